The van der Waals surface area contributed by atoms with Gasteiger partial charge in [-0.15, -0.1) is 11.6 Å². The molecule has 0 radical (unpaired) electrons. The standard InChI is InChI=1S/C59H46N2O2.Pt/c1-35-13-23-49(38(4)25-35)51-32-56(61-34-40(51)6)54-31-48(30-53-50-24-14-36(2)26-58(50)63-59(53)54)62-57-29-47(55-27-37(3)39(5)33-60-55)28-52(41(57)7)46-21-19-45(20-22-46)44-17-15-43(16-18-44)42-11-9-8-10-12-42;/h8-28,30,32-34H,1-7H3;/q-2;+2. The number of hydrogen-bond donors (Lipinski definition) is 0. The fourth-order valence-electron chi connectivity index (χ4n) is 8.58. The third-order valence-electron chi connectivity index (χ3n) is 12.3. The molecule has 3 aromatic heterocycles. The van der Waals surface area contributed by atoms with Gasteiger partial charge >= 0.3 is 21.1 Å². The van der Waals surface area contributed by atoms with E-state index in [-0.39, 0.29) is 21.1 Å². The first-order valence-electron chi connectivity index (χ1n) is 21.4. The van der Waals surface area contributed by atoms with Gasteiger partial charge in [-0.1, -0.05) is 180 Å². The fraction of sp³-hybridized carbons (Fsp3) is 0.119. The van der Waals surface area contributed by atoms with Crippen molar-refractivity contribution < 1.29 is 30.2 Å². The van der Waals surface area contributed by atoms with Crippen molar-refractivity contribution in [3.8, 4) is 78.5 Å². The predicted octanol–water partition coefficient (Wildman–Crippen LogP) is 15.9. The minimum absolute atomic E-state index is 0. The van der Waals surface area contributed by atoms with Crippen LogP contribution >= 0.6 is 0 Å². The van der Waals surface area contributed by atoms with Crippen LogP contribution in [0, 0.1) is 60.6 Å². The minimum Gasteiger partial charge on any atom is -0.501 e. The normalized spacial score (nSPS) is 11.2. The number of fused-ring (bicyclic) bond motifs is 3. The van der Waals surface area contributed by atoms with Crippen molar-refractivity contribution in [2.45, 2.75) is 48.5 Å². The third-order valence-corrected chi connectivity index (χ3v) is 12.3. The molecule has 5 heteroatoms. The van der Waals surface area contributed by atoms with Crippen LogP contribution in [0.5, 0.6) is 11.5 Å². The molecule has 10 rings (SSSR count). The van der Waals surface area contributed by atoms with Gasteiger partial charge in [0, 0.05) is 29.3 Å². The zero-order valence-corrected chi connectivity index (χ0v) is 39.2. The van der Waals surface area contributed by atoms with Crippen LogP contribution < -0.4 is 4.74 Å². The number of furan rings is 1. The SMILES string of the molecule is Cc1ccc(-c2cc(-c3[c-]c(Oc4[c-]c(-c5cc(C)c(C)cn5)cc(-c5ccc(-c6ccc(-c7ccccc7)cc6)cc5)c4C)cc4c3oc3cc(C)ccc34)ncc2C)c(C)c1.[Pt+2]. The summed E-state index contributed by atoms with van der Waals surface area (Å²) < 4.78 is 13.7. The first-order valence-corrected chi connectivity index (χ1v) is 21.4. The summed E-state index contributed by atoms with van der Waals surface area (Å²) in [6, 6.07) is 56.7. The van der Waals surface area contributed by atoms with Crippen molar-refractivity contribution in [1.29, 1.82) is 0 Å². The molecule has 0 aliphatic carbocycles. The molecule has 7 aromatic carbocycles. The average molecular weight is 1010 g/mol. The number of hydrogen-bond acceptors (Lipinski definition) is 4. The van der Waals surface area contributed by atoms with Gasteiger partial charge in [-0.3, -0.25) is 0 Å². The maximum atomic E-state index is 7.00. The molecule has 4 nitrogen and oxygen atoms in total. The molecule has 0 spiro atoms. The van der Waals surface area contributed by atoms with E-state index in [0.29, 0.717) is 11.5 Å². The summed E-state index contributed by atoms with van der Waals surface area (Å²) in [4.78, 5) is 9.86. The molecule has 0 saturated heterocycles. The number of aromatic nitrogens is 2. The van der Waals surface area contributed by atoms with Crippen molar-refractivity contribution >= 4 is 21.9 Å². The molecule has 314 valence electrons. The Hall–Kier alpha value is -6.87. The second-order valence-electron chi connectivity index (χ2n) is 16.9. The smallest absolute Gasteiger partial charge is 0.501 e. The number of rotatable bonds is 8. The molecule has 3 heterocycles. The van der Waals surface area contributed by atoms with Gasteiger partial charge in [-0.2, -0.15) is 0 Å². The molecule has 0 aliphatic heterocycles. The Morgan fingerprint density at radius 1 is 0.469 bits per heavy atom. The molecule has 0 unspecified atom stereocenters. The van der Waals surface area contributed by atoms with Gasteiger partial charge in [0.1, 0.15) is 5.58 Å². The molecule has 0 bridgehead atoms. The first-order chi connectivity index (χ1) is 30.6. The Balaban J connectivity index is 0.00000518. The van der Waals surface area contributed by atoms with Crippen LogP contribution in [-0.2, 0) is 21.1 Å². The van der Waals surface area contributed by atoms with Gasteiger partial charge in [0.2, 0.25) is 0 Å². The van der Waals surface area contributed by atoms with Crippen molar-refractivity contribution in [2.24, 2.45) is 0 Å². The van der Waals surface area contributed by atoms with E-state index in [0.717, 1.165) is 100 Å². The molecule has 64 heavy (non-hydrogen) atoms. The van der Waals surface area contributed by atoms with Gasteiger partial charge in [0.05, 0.1) is 5.58 Å². The molecule has 0 amide bonds. The van der Waals surface area contributed by atoms with Crippen molar-refractivity contribution in [3.05, 3.63) is 203 Å². The number of pyridine rings is 2. The van der Waals surface area contributed by atoms with E-state index in [4.69, 9.17) is 19.1 Å². The molecule has 0 N–H and O–H groups in total. The second-order valence-corrected chi connectivity index (χ2v) is 16.9. The quantitative estimate of drug-likeness (QED) is 0.142. The van der Waals surface area contributed by atoms with E-state index in [9.17, 15) is 0 Å². The van der Waals surface area contributed by atoms with Crippen molar-refractivity contribution in [3.63, 3.8) is 0 Å². The van der Waals surface area contributed by atoms with Crippen molar-refractivity contribution in [2.75, 3.05) is 0 Å². The van der Waals surface area contributed by atoms with Crippen LogP contribution in [0.3, 0.4) is 0 Å². The fourth-order valence-corrected chi connectivity index (χ4v) is 8.58. The zero-order valence-electron chi connectivity index (χ0n) is 37.0. The summed E-state index contributed by atoms with van der Waals surface area (Å²) in [7, 11) is 0. The van der Waals surface area contributed by atoms with Crippen LogP contribution in [0.1, 0.15) is 38.9 Å². The maximum Gasteiger partial charge on any atom is 2.00 e. The predicted molar refractivity (Wildman–Crippen MR) is 259 cm³/mol. The summed E-state index contributed by atoms with van der Waals surface area (Å²) in [5.74, 6) is 1.14. The van der Waals surface area contributed by atoms with E-state index in [2.05, 4.69) is 188 Å². The number of benzene rings is 7. The Kier molecular flexibility index (Phi) is 11.5. The first kappa shape index (κ1) is 42.4. The molecule has 0 saturated carbocycles. The number of nitrogens with zero attached hydrogens (tertiary/aromatic N) is 2. The minimum atomic E-state index is 0. The van der Waals surface area contributed by atoms with E-state index in [1.54, 1.807) is 0 Å². The summed E-state index contributed by atoms with van der Waals surface area (Å²) in [6.07, 6.45) is 3.87. The van der Waals surface area contributed by atoms with E-state index in [1.165, 1.54) is 27.8 Å². The summed E-state index contributed by atoms with van der Waals surface area (Å²) in [6.45, 7) is 14.8. The molecular formula is C59H46N2O2Pt. The summed E-state index contributed by atoms with van der Waals surface area (Å²) in [5, 5.41) is 1.93. The van der Waals surface area contributed by atoms with Gasteiger partial charge in [0.25, 0.3) is 0 Å². The Labute approximate surface area is 389 Å². The molecular weight excluding hydrogens is 964 g/mol. The van der Waals surface area contributed by atoms with E-state index in [1.807, 2.05) is 24.5 Å². The van der Waals surface area contributed by atoms with Crippen LogP contribution in [0.25, 0.3) is 89.0 Å². The van der Waals surface area contributed by atoms with Gasteiger partial charge in [-0.25, -0.2) is 0 Å². The largest absolute Gasteiger partial charge is 2.00 e. The number of aryl methyl sites for hydroxylation is 6. The van der Waals surface area contributed by atoms with Crippen LogP contribution in [0.2, 0.25) is 0 Å². The molecule has 0 atom stereocenters. The van der Waals surface area contributed by atoms with E-state index < -0.39 is 0 Å². The number of ether oxygens (including phenoxy) is 1. The van der Waals surface area contributed by atoms with Gasteiger partial charge in [0.15, 0.2) is 0 Å². The van der Waals surface area contributed by atoms with Crippen LogP contribution in [0.4, 0.5) is 0 Å². The van der Waals surface area contributed by atoms with Crippen LogP contribution in [-0.4, -0.2) is 9.97 Å². The Morgan fingerprint density at radius 3 is 1.78 bits per heavy atom. The third kappa shape index (κ3) is 8.11. The topological polar surface area (TPSA) is 48.2 Å². The summed E-state index contributed by atoms with van der Waals surface area (Å²) >= 11 is 0. The van der Waals surface area contributed by atoms with Crippen molar-refractivity contribution in [1.82, 2.24) is 9.97 Å². The Morgan fingerprint density at radius 2 is 1.09 bits per heavy atom. The molecule has 0 aliphatic rings. The van der Waals surface area contributed by atoms with E-state index >= 15 is 0 Å². The molecule has 0 fully saturated rings. The molecule has 10 aromatic rings. The second kappa shape index (κ2) is 17.4. The average Bonchev–Trinajstić information content (AvgIpc) is 3.66. The summed E-state index contributed by atoms with van der Waals surface area (Å²) in [5.41, 5.74) is 21.7. The zero-order chi connectivity index (χ0) is 43.4. The maximum absolute atomic E-state index is 7.00. The Bertz CT molecular complexity index is 3370. The van der Waals surface area contributed by atoms with Gasteiger partial charge in [-0.05, 0) is 120 Å². The van der Waals surface area contributed by atoms with Gasteiger partial charge < -0.3 is 19.1 Å². The monoisotopic (exact) mass is 1010 g/mol. The van der Waals surface area contributed by atoms with Crippen LogP contribution in [0.15, 0.2) is 156 Å².